The molecule has 1 aliphatic rings. The Morgan fingerprint density at radius 1 is 1.38 bits per heavy atom. The van der Waals surface area contributed by atoms with Crippen molar-refractivity contribution in [2.24, 2.45) is 5.73 Å². The van der Waals surface area contributed by atoms with Gasteiger partial charge in [0.05, 0.1) is 10.6 Å². The van der Waals surface area contributed by atoms with Gasteiger partial charge in [0, 0.05) is 19.1 Å². The average molecular weight is 240 g/mol. The Labute approximate surface area is 95.8 Å². The number of benzene rings is 1. The normalized spacial score (nSPS) is 22.7. The Bertz CT molecular complexity index is 471. The fourth-order valence-electron chi connectivity index (χ4n) is 2.06. The van der Waals surface area contributed by atoms with Crippen molar-refractivity contribution in [1.82, 2.24) is 5.32 Å². The second kappa shape index (κ2) is 4.53. The van der Waals surface area contributed by atoms with Gasteiger partial charge in [0.1, 0.15) is 0 Å². The molecule has 0 saturated carbocycles. The Morgan fingerprint density at radius 3 is 2.88 bits per heavy atom. The molecule has 16 heavy (non-hydrogen) atoms. The van der Waals surface area contributed by atoms with Crippen LogP contribution in [0.1, 0.15) is 18.0 Å². The van der Waals surface area contributed by atoms with Crippen LogP contribution in [0.2, 0.25) is 0 Å². The van der Waals surface area contributed by atoms with E-state index in [0.29, 0.717) is 24.4 Å². The molecule has 0 fully saturated rings. The molecular weight excluding hydrogens is 224 g/mol. The quantitative estimate of drug-likeness (QED) is 0.805. The molecule has 88 valence electrons. The largest absolute Gasteiger partial charge is 0.329 e. The van der Waals surface area contributed by atoms with Gasteiger partial charge in [0.25, 0.3) is 0 Å². The second-order valence-electron chi connectivity index (χ2n) is 3.94. The van der Waals surface area contributed by atoms with Crippen molar-refractivity contribution in [3.8, 4) is 0 Å². The molecular formula is C11H16N2O2S. The fourth-order valence-corrected chi connectivity index (χ4v) is 3.68. The summed E-state index contributed by atoms with van der Waals surface area (Å²) in [6.07, 6.45) is 0.624. The van der Waals surface area contributed by atoms with E-state index in [9.17, 15) is 8.42 Å². The maximum Gasteiger partial charge on any atom is 0.178 e. The van der Waals surface area contributed by atoms with Crippen LogP contribution in [0.5, 0.6) is 0 Å². The lowest BCUT2D eigenvalue weighted by atomic mass is 10.0. The first kappa shape index (κ1) is 11.6. The molecule has 0 spiro atoms. The van der Waals surface area contributed by atoms with Gasteiger partial charge in [-0.2, -0.15) is 0 Å². The van der Waals surface area contributed by atoms with Crippen molar-refractivity contribution in [2.45, 2.75) is 17.4 Å². The van der Waals surface area contributed by atoms with E-state index < -0.39 is 9.84 Å². The van der Waals surface area contributed by atoms with Crippen LogP contribution >= 0.6 is 0 Å². The van der Waals surface area contributed by atoms with Gasteiger partial charge in [-0.3, -0.25) is 0 Å². The van der Waals surface area contributed by atoms with E-state index in [2.05, 4.69) is 5.32 Å². The van der Waals surface area contributed by atoms with Crippen LogP contribution in [0, 0.1) is 0 Å². The van der Waals surface area contributed by atoms with Crippen LogP contribution in [0.25, 0.3) is 0 Å². The Morgan fingerprint density at radius 2 is 2.12 bits per heavy atom. The van der Waals surface area contributed by atoms with Gasteiger partial charge in [-0.1, -0.05) is 18.2 Å². The molecule has 0 aliphatic carbocycles. The summed E-state index contributed by atoms with van der Waals surface area (Å²) in [6.45, 7) is 1.27. The minimum Gasteiger partial charge on any atom is -0.329 e. The maximum atomic E-state index is 11.8. The number of nitrogens with two attached hydrogens (primary N) is 1. The molecule has 1 heterocycles. The van der Waals surface area contributed by atoms with Crippen molar-refractivity contribution in [3.05, 3.63) is 29.8 Å². The Kier molecular flexibility index (Phi) is 3.28. The highest BCUT2D eigenvalue weighted by Gasteiger charge is 2.29. The lowest BCUT2D eigenvalue weighted by Crippen LogP contribution is -2.32. The predicted molar refractivity (Wildman–Crippen MR) is 62.9 cm³/mol. The van der Waals surface area contributed by atoms with Gasteiger partial charge in [-0.15, -0.1) is 0 Å². The molecule has 0 bridgehead atoms. The lowest BCUT2D eigenvalue weighted by Gasteiger charge is -2.26. The maximum absolute atomic E-state index is 11.8. The van der Waals surface area contributed by atoms with Crippen molar-refractivity contribution in [2.75, 3.05) is 18.8 Å². The number of hydrogen-bond acceptors (Lipinski definition) is 4. The van der Waals surface area contributed by atoms with E-state index >= 15 is 0 Å². The summed E-state index contributed by atoms with van der Waals surface area (Å²) < 4.78 is 23.7. The number of hydrogen-bond donors (Lipinski definition) is 2. The molecule has 0 aromatic heterocycles. The van der Waals surface area contributed by atoms with E-state index in [1.807, 2.05) is 12.1 Å². The van der Waals surface area contributed by atoms with Crippen LogP contribution in [0.4, 0.5) is 0 Å². The molecule has 0 amide bonds. The summed E-state index contributed by atoms with van der Waals surface area (Å²) in [5, 5.41) is 3.28. The van der Waals surface area contributed by atoms with Crippen molar-refractivity contribution >= 4 is 9.84 Å². The van der Waals surface area contributed by atoms with Gasteiger partial charge >= 0.3 is 0 Å². The van der Waals surface area contributed by atoms with Crippen LogP contribution in [-0.2, 0) is 9.84 Å². The number of rotatable bonds is 3. The molecule has 0 saturated heterocycles. The molecule has 2 rings (SSSR count). The Balaban J connectivity index is 2.36. The third kappa shape index (κ3) is 2.11. The van der Waals surface area contributed by atoms with Crippen LogP contribution in [0.15, 0.2) is 29.2 Å². The average Bonchev–Trinajstić information content (AvgIpc) is 2.29. The van der Waals surface area contributed by atoms with Crippen LogP contribution in [0.3, 0.4) is 0 Å². The number of sulfone groups is 1. The van der Waals surface area contributed by atoms with E-state index in [1.54, 1.807) is 12.1 Å². The first-order chi connectivity index (χ1) is 7.65. The predicted octanol–water partition coefficient (Wildman–Crippen LogP) is 0.453. The van der Waals surface area contributed by atoms with Gasteiger partial charge in [0.15, 0.2) is 9.84 Å². The Hall–Kier alpha value is -0.910. The van der Waals surface area contributed by atoms with Gasteiger partial charge in [-0.25, -0.2) is 8.42 Å². The molecule has 3 N–H and O–H groups in total. The monoisotopic (exact) mass is 240 g/mol. The first-order valence-electron chi connectivity index (χ1n) is 5.40. The lowest BCUT2D eigenvalue weighted by molar-refractivity contribution is 0.498. The highest BCUT2D eigenvalue weighted by atomic mass is 32.2. The molecule has 1 aliphatic heterocycles. The fraction of sp³-hybridized carbons (Fsp3) is 0.455. The minimum absolute atomic E-state index is 0.114. The molecule has 1 aromatic rings. The molecule has 5 heteroatoms. The summed E-state index contributed by atoms with van der Waals surface area (Å²) in [6, 6.07) is 7.31. The van der Waals surface area contributed by atoms with E-state index in [0.717, 1.165) is 5.56 Å². The van der Waals surface area contributed by atoms with Crippen molar-refractivity contribution in [3.63, 3.8) is 0 Å². The third-order valence-corrected chi connectivity index (χ3v) is 4.65. The number of nitrogens with one attached hydrogen (secondary N) is 1. The topological polar surface area (TPSA) is 72.2 Å². The third-order valence-electron chi connectivity index (χ3n) is 2.84. The zero-order valence-corrected chi connectivity index (χ0v) is 9.83. The van der Waals surface area contributed by atoms with Crippen molar-refractivity contribution in [1.29, 1.82) is 0 Å². The second-order valence-corrected chi connectivity index (χ2v) is 6.02. The number of fused-ring (bicyclic) bond motifs is 1. The van der Waals surface area contributed by atoms with E-state index in [4.69, 9.17) is 5.73 Å². The molecule has 1 unspecified atom stereocenters. The highest BCUT2D eigenvalue weighted by Crippen LogP contribution is 2.31. The molecule has 4 nitrogen and oxygen atoms in total. The van der Waals surface area contributed by atoms with Gasteiger partial charge < -0.3 is 11.1 Å². The smallest absolute Gasteiger partial charge is 0.178 e. The highest BCUT2D eigenvalue weighted by molar-refractivity contribution is 7.91. The van der Waals surface area contributed by atoms with Gasteiger partial charge in [0.2, 0.25) is 0 Å². The zero-order chi connectivity index (χ0) is 11.6. The van der Waals surface area contributed by atoms with Crippen LogP contribution < -0.4 is 11.1 Å². The summed E-state index contributed by atoms with van der Waals surface area (Å²) in [4.78, 5) is 0.468. The summed E-state index contributed by atoms with van der Waals surface area (Å²) in [7, 11) is -3.07. The van der Waals surface area contributed by atoms with Gasteiger partial charge in [-0.05, 0) is 18.1 Å². The minimum atomic E-state index is -3.07. The summed E-state index contributed by atoms with van der Waals surface area (Å²) in [5.74, 6) is 0.215. The summed E-state index contributed by atoms with van der Waals surface area (Å²) in [5.41, 5.74) is 6.32. The summed E-state index contributed by atoms with van der Waals surface area (Å²) >= 11 is 0. The van der Waals surface area contributed by atoms with E-state index in [1.165, 1.54) is 0 Å². The van der Waals surface area contributed by atoms with Crippen molar-refractivity contribution < 1.29 is 8.42 Å². The molecule has 1 atom stereocenters. The zero-order valence-electron chi connectivity index (χ0n) is 9.02. The SMILES string of the molecule is NCCNC1CCS(=O)(=O)c2ccccc21. The molecule has 0 radical (unpaired) electrons. The van der Waals surface area contributed by atoms with E-state index in [-0.39, 0.29) is 11.8 Å². The molecule has 1 aromatic carbocycles. The van der Waals surface area contributed by atoms with Crippen LogP contribution in [-0.4, -0.2) is 27.3 Å². The standard InChI is InChI=1S/C11H16N2O2S/c12-6-7-13-10-5-8-16(14,15)11-4-2-1-3-9(10)11/h1-4,10,13H,5-8,12H2. The first-order valence-corrected chi connectivity index (χ1v) is 7.05.